The molecule has 5 nitrogen and oxygen atoms in total. The van der Waals surface area contributed by atoms with Crippen molar-refractivity contribution in [2.45, 2.75) is 64.0 Å². The molecule has 0 saturated heterocycles. The van der Waals surface area contributed by atoms with Crippen LogP contribution in [0.15, 0.2) is 48.8 Å². The first-order valence-electron chi connectivity index (χ1n) is 10.2. The van der Waals surface area contributed by atoms with Crippen LogP contribution >= 0.6 is 0 Å². The van der Waals surface area contributed by atoms with Crippen LogP contribution in [0.5, 0.6) is 0 Å². The fraction of sp³-hybridized carbons (Fsp3) is 0.455. The highest BCUT2D eigenvalue weighted by Gasteiger charge is 2.20. The zero-order valence-corrected chi connectivity index (χ0v) is 17.5. The minimum atomic E-state index is -3.55. The molecule has 28 heavy (non-hydrogen) atoms. The number of rotatable bonds is 10. The van der Waals surface area contributed by atoms with Crippen molar-refractivity contribution >= 4 is 21.1 Å². The van der Waals surface area contributed by atoms with Gasteiger partial charge in [-0.25, -0.2) is 22.4 Å². The van der Waals surface area contributed by atoms with Crippen molar-refractivity contribution in [1.29, 1.82) is 0 Å². The molecule has 1 unspecified atom stereocenters. The van der Waals surface area contributed by atoms with E-state index in [-0.39, 0.29) is 11.7 Å². The number of benzene rings is 1. The topological polar surface area (TPSA) is 64.8 Å². The highest BCUT2D eigenvalue weighted by Crippen LogP contribution is 2.27. The van der Waals surface area contributed by atoms with Crippen LogP contribution in [0, 0.1) is 0 Å². The van der Waals surface area contributed by atoms with Gasteiger partial charge in [-0.1, -0.05) is 69.9 Å². The maximum absolute atomic E-state index is 13.0. The summed E-state index contributed by atoms with van der Waals surface area (Å²) in [6, 6.07) is 11.0. The smallest absolute Gasteiger partial charge is 0.240 e. The molecule has 0 N–H and O–H groups in total. The first-order valence-corrected chi connectivity index (χ1v) is 11.8. The Bertz CT molecular complexity index is 997. The van der Waals surface area contributed by atoms with Crippen LogP contribution < -0.4 is 0 Å². The number of hydrogen-bond acceptors (Lipinski definition) is 4. The van der Waals surface area contributed by atoms with Crippen LogP contribution in [0.1, 0.15) is 69.7 Å². The summed E-state index contributed by atoms with van der Waals surface area (Å²) in [6.07, 6.45) is 10.0. The summed E-state index contributed by atoms with van der Waals surface area (Å²) in [7, 11) is -3.55. The molecule has 0 fully saturated rings. The average molecular weight is 400 g/mol. The Labute approximate surface area is 167 Å². The fourth-order valence-electron chi connectivity index (χ4n) is 3.58. The second-order valence-corrected chi connectivity index (χ2v) is 9.19. The van der Waals surface area contributed by atoms with Gasteiger partial charge in [0.05, 0.1) is 5.75 Å². The molecule has 2 aromatic heterocycles. The Morgan fingerprint density at radius 2 is 1.79 bits per heavy atom. The Morgan fingerprint density at radius 3 is 2.50 bits per heavy atom. The quantitative estimate of drug-likeness (QED) is 0.435. The van der Waals surface area contributed by atoms with Crippen molar-refractivity contribution in [2.75, 3.05) is 0 Å². The van der Waals surface area contributed by atoms with Crippen LogP contribution in [-0.2, 0) is 15.8 Å². The molecule has 0 aliphatic carbocycles. The monoisotopic (exact) mass is 399 g/mol. The van der Waals surface area contributed by atoms with Crippen LogP contribution in [0.25, 0.3) is 11.0 Å². The summed E-state index contributed by atoms with van der Waals surface area (Å²) in [5.41, 5.74) is 1.25. The molecule has 2 heterocycles. The van der Waals surface area contributed by atoms with Gasteiger partial charge in [-0.15, -0.1) is 0 Å². The Balaban J connectivity index is 1.93. The molecule has 0 aliphatic heterocycles. The lowest BCUT2D eigenvalue weighted by atomic mass is 9.95. The van der Waals surface area contributed by atoms with Crippen molar-refractivity contribution in [3.63, 3.8) is 0 Å². The van der Waals surface area contributed by atoms with Crippen molar-refractivity contribution in [2.24, 2.45) is 0 Å². The third-order valence-corrected chi connectivity index (χ3v) is 6.65. The van der Waals surface area contributed by atoms with Crippen molar-refractivity contribution < 1.29 is 8.42 Å². The number of nitrogens with zero attached hydrogens (tertiary/aromatic N) is 3. The van der Waals surface area contributed by atoms with Gasteiger partial charge in [0, 0.05) is 23.7 Å². The standard InChI is InChI=1S/C22H29N3O2S/c1-3-5-7-13-19(10-4-2)21-23-16-20-14-15-25(22(20)24-21)28(26,27)17-18-11-8-6-9-12-18/h6,8-9,11-12,14-16,19H,3-5,7,10,13,17H2,1-2H3. The lowest BCUT2D eigenvalue weighted by Gasteiger charge is -2.15. The van der Waals surface area contributed by atoms with Gasteiger partial charge in [-0.3, -0.25) is 0 Å². The molecule has 6 heteroatoms. The van der Waals surface area contributed by atoms with Gasteiger partial charge in [0.2, 0.25) is 10.0 Å². The number of aromatic nitrogens is 3. The van der Waals surface area contributed by atoms with Crippen molar-refractivity contribution in [1.82, 2.24) is 13.9 Å². The molecule has 3 aromatic rings. The van der Waals surface area contributed by atoms with Gasteiger partial charge < -0.3 is 0 Å². The van der Waals surface area contributed by atoms with E-state index < -0.39 is 10.0 Å². The molecule has 0 aliphatic rings. The highest BCUT2D eigenvalue weighted by molar-refractivity contribution is 7.89. The summed E-state index contributed by atoms with van der Waals surface area (Å²) in [6.45, 7) is 4.36. The molecule has 0 radical (unpaired) electrons. The molecular weight excluding hydrogens is 370 g/mol. The van der Waals surface area contributed by atoms with Crippen molar-refractivity contribution in [3.8, 4) is 0 Å². The van der Waals surface area contributed by atoms with E-state index in [1.165, 1.54) is 16.8 Å². The SMILES string of the molecule is CCCCCC(CCC)c1ncc2ccn(S(=O)(=O)Cc3ccccc3)c2n1. The molecule has 3 rings (SSSR count). The first kappa shape index (κ1) is 20.5. The van der Waals surface area contributed by atoms with Gasteiger partial charge in [0.15, 0.2) is 5.65 Å². The van der Waals surface area contributed by atoms with Gasteiger partial charge >= 0.3 is 0 Å². The molecule has 150 valence electrons. The fourth-order valence-corrected chi connectivity index (χ4v) is 4.98. The molecular formula is C22H29N3O2S. The molecule has 0 spiro atoms. The first-order chi connectivity index (χ1) is 13.5. The largest absolute Gasteiger partial charge is 0.244 e. The molecule has 0 amide bonds. The van der Waals surface area contributed by atoms with Gasteiger partial charge in [-0.2, -0.15) is 0 Å². The second-order valence-electron chi connectivity index (χ2n) is 7.34. The average Bonchev–Trinajstić information content (AvgIpc) is 3.12. The summed E-state index contributed by atoms with van der Waals surface area (Å²) in [5, 5.41) is 0.754. The van der Waals surface area contributed by atoms with E-state index in [4.69, 9.17) is 4.98 Å². The van der Waals surface area contributed by atoms with E-state index in [1.807, 2.05) is 30.3 Å². The van der Waals surface area contributed by atoms with Crippen LogP contribution in [-0.4, -0.2) is 22.4 Å². The molecule has 1 aromatic carbocycles. The van der Waals surface area contributed by atoms with Crippen LogP contribution in [0.4, 0.5) is 0 Å². The minimum absolute atomic E-state index is 0.0498. The Kier molecular flexibility index (Phi) is 6.83. The van der Waals surface area contributed by atoms with E-state index in [9.17, 15) is 8.42 Å². The second kappa shape index (κ2) is 9.32. The van der Waals surface area contributed by atoms with E-state index >= 15 is 0 Å². The van der Waals surface area contributed by atoms with E-state index in [2.05, 4.69) is 18.8 Å². The van der Waals surface area contributed by atoms with Crippen LogP contribution in [0.2, 0.25) is 0 Å². The van der Waals surface area contributed by atoms with E-state index in [0.717, 1.165) is 42.5 Å². The maximum Gasteiger partial charge on any atom is 0.244 e. The normalized spacial score (nSPS) is 13.1. The number of fused-ring (bicyclic) bond motifs is 1. The van der Waals surface area contributed by atoms with Crippen molar-refractivity contribution in [3.05, 3.63) is 60.2 Å². The predicted octanol–water partition coefficient (Wildman–Crippen LogP) is 5.27. The van der Waals surface area contributed by atoms with E-state index in [1.54, 1.807) is 18.5 Å². The maximum atomic E-state index is 13.0. The number of unbranched alkanes of at least 4 members (excludes halogenated alkanes) is 2. The Morgan fingerprint density at radius 1 is 1.00 bits per heavy atom. The summed E-state index contributed by atoms with van der Waals surface area (Å²) < 4.78 is 27.3. The third kappa shape index (κ3) is 4.79. The zero-order chi connectivity index (χ0) is 20.0. The molecule has 0 bridgehead atoms. The van der Waals surface area contributed by atoms with Gasteiger partial charge in [-0.05, 0) is 24.5 Å². The zero-order valence-electron chi connectivity index (χ0n) is 16.7. The summed E-state index contributed by atoms with van der Waals surface area (Å²) >= 11 is 0. The Hall–Kier alpha value is -2.21. The number of hydrogen-bond donors (Lipinski definition) is 0. The summed E-state index contributed by atoms with van der Waals surface area (Å²) in [5.74, 6) is 0.993. The van der Waals surface area contributed by atoms with Gasteiger partial charge in [0.25, 0.3) is 0 Å². The third-order valence-electron chi connectivity index (χ3n) is 5.06. The van der Waals surface area contributed by atoms with E-state index in [0.29, 0.717) is 5.65 Å². The minimum Gasteiger partial charge on any atom is -0.240 e. The predicted molar refractivity (Wildman–Crippen MR) is 114 cm³/mol. The molecule has 1 atom stereocenters. The van der Waals surface area contributed by atoms with Crippen LogP contribution in [0.3, 0.4) is 0 Å². The lowest BCUT2D eigenvalue weighted by Crippen LogP contribution is -2.15. The molecule has 0 saturated carbocycles. The van der Waals surface area contributed by atoms with Gasteiger partial charge in [0.1, 0.15) is 5.82 Å². The summed E-state index contributed by atoms with van der Waals surface area (Å²) in [4.78, 5) is 9.28. The lowest BCUT2D eigenvalue weighted by molar-refractivity contribution is 0.508. The highest BCUT2D eigenvalue weighted by atomic mass is 32.2.